The highest BCUT2D eigenvalue weighted by atomic mass is 16.2. The van der Waals surface area contributed by atoms with Gasteiger partial charge in [0.25, 0.3) is 5.91 Å². The van der Waals surface area contributed by atoms with Gasteiger partial charge in [0.05, 0.1) is 11.0 Å². The molecule has 26 heavy (non-hydrogen) atoms. The number of aryl methyl sites for hydroxylation is 2. The lowest BCUT2D eigenvalue weighted by molar-refractivity contribution is -0.114. The summed E-state index contributed by atoms with van der Waals surface area (Å²) < 4.78 is 2.17. The summed E-state index contributed by atoms with van der Waals surface area (Å²) in [6.45, 7) is 4.79. The first-order valence-corrected chi connectivity index (χ1v) is 8.62. The summed E-state index contributed by atoms with van der Waals surface area (Å²) in [6.07, 6.45) is 0.804. The zero-order chi connectivity index (χ0) is 18.5. The Labute approximate surface area is 152 Å². The average molecular weight is 350 g/mol. The smallest absolute Gasteiger partial charge is 0.251 e. The zero-order valence-corrected chi connectivity index (χ0v) is 15.0. The predicted octanol–water partition coefficient (Wildman–Crippen LogP) is 3.12. The first-order chi connectivity index (χ1) is 12.5. The Bertz CT molecular complexity index is 946. The number of rotatable bonds is 6. The van der Waals surface area contributed by atoms with Crippen molar-refractivity contribution in [3.05, 3.63) is 59.9 Å². The molecule has 1 aromatic heterocycles. The van der Waals surface area contributed by atoms with Gasteiger partial charge in [-0.3, -0.25) is 9.59 Å². The lowest BCUT2D eigenvalue weighted by Gasteiger charge is -2.09. The highest BCUT2D eigenvalue weighted by Crippen LogP contribution is 2.15. The van der Waals surface area contributed by atoms with Gasteiger partial charge in [0.2, 0.25) is 5.91 Å². The van der Waals surface area contributed by atoms with E-state index in [0.717, 1.165) is 29.8 Å². The van der Waals surface area contributed by atoms with Gasteiger partial charge in [0, 0.05) is 31.3 Å². The number of nitrogens with one attached hydrogen (secondary N) is 2. The number of carbonyl (C=O) groups is 2. The van der Waals surface area contributed by atoms with Crippen molar-refractivity contribution in [2.45, 2.75) is 26.8 Å². The minimum absolute atomic E-state index is 0.149. The van der Waals surface area contributed by atoms with Crippen LogP contribution >= 0.6 is 0 Å². The Morgan fingerprint density at radius 2 is 1.92 bits per heavy atom. The largest absolute Gasteiger partial charge is 0.352 e. The number of amides is 2. The minimum Gasteiger partial charge on any atom is -0.352 e. The minimum atomic E-state index is -0.162. The van der Waals surface area contributed by atoms with Crippen LogP contribution in [0.15, 0.2) is 48.5 Å². The van der Waals surface area contributed by atoms with Crippen LogP contribution in [0.2, 0.25) is 0 Å². The molecule has 0 radical (unpaired) electrons. The van der Waals surface area contributed by atoms with Crippen LogP contribution < -0.4 is 10.6 Å². The first kappa shape index (κ1) is 17.7. The molecule has 0 atom stereocenters. The summed E-state index contributed by atoms with van der Waals surface area (Å²) in [5.41, 5.74) is 3.24. The fraction of sp³-hybridized carbons (Fsp3) is 0.250. The maximum atomic E-state index is 12.3. The lowest BCUT2D eigenvalue weighted by Crippen LogP contribution is -2.25. The molecule has 3 aromatic rings. The van der Waals surface area contributed by atoms with Crippen LogP contribution in [-0.4, -0.2) is 27.9 Å². The maximum Gasteiger partial charge on any atom is 0.251 e. The van der Waals surface area contributed by atoms with E-state index in [4.69, 9.17) is 0 Å². The number of imidazole rings is 1. The maximum absolute atomic E-state index is 12.3. The molecule has 0 saturated heterocycles. The molecule has 0 bridgehead atoms. The molecule has 134 valence electrons. The number of carbonyl (C=O) groups excluding carboxylic acids is 2. The first-order valence-electron chi connectivity index (χ1n) is 8.62. The third-order valence-corrected chi connectivity index (χ3v) is 4.13. The van der Waals surface area contributed by atoms with E-state index in [0.29, 0.717) is 17.8 Å². The molecule has 3 rings (SSSR count). The van der Waals surface area contributed by atoms with Crippen molar-refractivity contribution in [1.29, 1.82) is 0 Å². The molecule has 2 amide bonds. The molecule has 0 aliphatic carbocycles. The molecule has 0 saturated carbocycles. The van der Waals surface area contributed by atoms with Gasteiger partial charge in [-0.2, -0.15) is 0 Å². The van der Waals surface area contributed by atoms with E-state index in [1.54, 1.807) is 24.3 Å². The summed E-state index contributed by atoms with van der Waals surface area (Å²) in [5, 5.41) is 5.60. The monoisotopic (exact) mass is 350 g/mol. The van der Waals surface area contributed by atoms with Gasteiger partial charge in [-0.05, 0) is 43.7 Å². The second-order valence-corrected chi connectivity index (χ2v) is 6.17. The lowest BCUT2D eigenvalue weighted by atomic mass is 10.2. The molecule has 0 aliphatic heterocycles. The number of anilines is 1. The van der Waals surface area contributed by atoms with Gasteiger partial charge in [-0.1, -0.05) is 18.2 Å². The topological polar surface area (TPSA) is 76.0 Å². The van der Waals surface area contributed by atoms with Crippen LogP contribution in [0.1, 0.15) is 29.5 Å². The number of hydrogen-bond donors (Lipinski definition) is 2. The normalized spacial score (nSPS) is 10.7. The standard InChI is InChI=1S/C20H22N4O2/c1-14-22-18-9-3-4-10-19(18)24(14)12-6-11-21-20(26)16-7-5-8-17(13-16)23-15(2)25/h3-5,7-10,13H,6,11-12H2,1-2H3,(H,21,26)(H,23,25). The Balaban J connectivity index is 1.55. The molecule has 1 heterocycles. The number of nitrogens with zero attached hydrogens (tertiary/aromatic N) is 2. The van der Waals surface area contributed by atoms with Crippen molar-refractivity contribution in [2.24, 2.45) is 0 Å². The van der Waals surface area contributed by atoms with Gasteiger partial charge in [-0.25, -0.2) is 4.98 Å². The molecule has 0 aliphatic rings. The van der Waals surface area contributed by atoms with E-state index >= 15 is 0 Å². The van der Waals surface area contributed by atoms with E-state index in [1.807, 2.05) is 25.1 Å². The highest BCUT2D eigenvalue weighted by Gasteiger charge is 2.08. The molecule has 0 spiro atoms. The van der Waals surface area contributed by atoms with Crippen molar-refractivity contribution in [3.8, 4) is 0 Å². The molecule has 0 unspecified atom stereocenters. The van der Waals surface area contributed by atoms with Gasteiger partial charge >= 0.3 is 0 Å². The van der Waals surface area contributed by atoms with Crippen LogP contribution in [0.3, 0.4) is 0 Å². The van der Waals surface area contributed by atoms with Gasteiger partial charge in [0.15, 0.2) is 0 Å². The molecular formula is C20H22N4O2. The van der Waals surface area contributed by atoms with Gasteiger partial charge < -0.3 is 15.2 Å². The van der Waals surface area contributed by atoms with E-state index in [1.165, 1.54) is 6.92 Å². The van der Waals surface area contributed by atoms with Crippen LogP contribution in [0.4, 0.5) is 5.69 Å². The molecule has 2 aromatic carbocycles. The molecular weight excluding hydrogens is 328 g/mol. The van der Waals surface area contributed by atoms with E-state index in [9.17, 15) is 9.59 Å². The SMILES string of the molecule is CC(=O)Nc1cccc(C(=O)NCCCn2c(C)nc3ccccc32)c1. The van der Waals surface area contributed by atoms with E-state index < -0.39 is 0 Å². The van der Waals surface area contributed by atoms with Crippen molar-refractivity contribution < 1.29 is 9.59 Å². The quantitative estimate of drug-likeness (QED) is 0.671. The average Bonchev–Trinajstić information content (AvgIpc) is 2.93. The van der Waals surface area contributed by atoms with Crippen molar-refractivity contribution in [3.63, 3.8) is 0 Å². The third kappa shape index (κ3) is 4.08. The van der Waals surface area contributed by atoms with Crippen molar-refractivity contribution in [2.75, 3.05) is 11.9 Å². The highest BCUT2D eigenvalue weighted by molar-refractivity contribution is 5.96. The van der Waals surface area contributed by atoms with Gasteiger partial charge in [0.1, 0.15) is 5.82 Å². The number of aromatic nitrogens is 2. The van der Waals surface area contributed by atoms with E-state index in [-0.39, 0.29) is 11.8 Å². The number of para-hydroxylation sites is 2. The fourth-order valence-electron chi connectivity index (χ4n) is 2.96. The summed E-state index contributed by atoms with van der Waals surface area (Å²) in [6, 6.07) is 15.0. The molecule has 6 nitrogen and oxygen atoms in total. The summed E-state index contributed by atoms with van der Waals surface area (Å²) in [5.74, 6) is 0.662. The fourth-order valence-corrected chi connectivity index (χ4v) is 2.96. The zero-order valence-electron chi connectivity index (χ0n) is 15.0. The van der Waals surface area contributed by atoms with Crippen LogP contribution in [-0.2, 0) is 11.3 Å². The van der Waals surface area contributed by atoms with Crippen LogP contribution in [0, 0.1) is 6.92 Å². The molecule has 2 N–H and O–H groups in total. The molecule has 6 heteroatoms. The van der Waals surface area contributed by atoms with Crippen LogP contribution in [0.5, 0.6) is 0 Å². The number of benzene rings is 2. The Kier molecular flexibility index (Phi) is 5.31. The number of fused-ring (bicyclic) bond motifs is 1. The Morgan fingerprint density at radius 1 is 1.12 bits per heavy atom. The van der Waals surface area contributed by atoms with E-state index in [2.05, 4.69) is 26.3 Å². The summed E-state index contributed by atoms with van der Waals surface area (Å²) in [4.78, 5) is 27.9. The number of hydrogen-bond acceptors (Lipinski definition) is 3. The summed E-state index contributed by atoms with van der Waals surface area (Å²) >= 11 is 0. The predicted molar refractivity (Wildman–Crippen MR) is 102 cm³/mol. The third-order valence-electron chi connectivity index (χ3n) is 4.13. The second kappa shape index (κ2) is 7.82. The Hall–Kier alpha value is -3.15. The molecule has 0 fully saturated rings. The van der Waals surface area contributed by atoms with Gasteiger partial charge in [-0.15, -0.1) is 0 Å². The van der Waals surface area contributed by atoms with Crippen LogP contribution in [0.25, 0.3) is 11.0 Å². The summed E-state index contributed by atoms with van der Waals surface area (Å²) in [7, 11) is 0. The van der Waals surface area contributed by atoms with Crippen molar-refractivity contribution >= 4 is 28.5 Å². The van der Waals surface area contributed by atoms with Crippen molar-refractivity contribution in [1.82, 2.24) is 14.9 Å². The Morgan fingerprint density at radius 3 is 2.73 bits per heavy atom. The second-order valence-electron chi connectivity index (χ2n) is 6.17.